The fraction of sp³-hybridized carbons (Fsp3) is 0.588. The van der Waals surface area contributed by atoms with E-state index < -0.39 is 5.41 Å². The largest absolute Gasteiger partial charge is 0.497 e. The SMILES string of the molecule is COCC1(C(=O)N2CCOC(c3cccc(OC)c3)C2)COC1. The maximum absolute atomic E-state index is 12.9. The summed E-state index contributed by atoms with van der Waals surface area (Å²) in [6.07, 6.45) is -0.136. The molecule has 1 unspecified atom stereocenters. The van der Waals surface area contributed by atoms with Crippen LogP contribution in [0, 0.1) is 5.41 Å². The van der Waals surface area contributed by atoms with E-state index in [2.05, 4.69) is 0 Å². The molecule has 1 aromatic carbocycles. The van der Waals surface area contributed by atoms with Gasteiger partial charge in [-0.15, -0.1) is 0 Å². The maximum Gasteiger partial charge on any atom is 0.236 e. The average molecular weight is 321 g/mol. The zero-order chi connectivity index (χ0) is 16.3. The van der Waals surface area contributed by atoms with Crippen molar-refractivity contribution in [3.63, 3.8) is 0 Å². The number of hydrogen-bond acceptors (Lipinski definition) is 5. The zero-order valence-corrected chi connectivity index (χ0v) is 13.6. The summed E-state index contributed by atoms with van der Waals surface area (Å²) < 4.78 is 21.6. The molecule has 1 aromatic rings. The van der Waals surface area contributed by atoms with Crippen LogP contribution < -0.4 is 4.74 Å². The summed E-state index contributed by atoms with van der Waals surface area (Å²) in [6, 6.07) is 7.79. The molecule has 2 aliphatic heterocycles. The molecule has 0 radical (unpaired) electrons. The van der Waals surface area contributed by atoms with Crippen LogP contribution in [0.1, 0.15) is 11.7 Å². The highest BCUT2D eigenvalue weighted by molar-refractivity contribution is 5.84. The Labute approximate surface area is 136 Å². The maximum atomic E-state index is 12.9. The third-order valence-corrected chi connectivity index (χ3v) is 4.45. The Morgan fingerprint density at radius 1 is 1.39 bits per heavy atom. The minimum absolute atomic E-state index is 0.0989. The quantitative estimate of drug-likeness (QED) is 0.817. The van der Waals surface area contributed by atoms with Gasteiger partial charge in [-0.05, 0) is 17.7 Å². The van der Waals surface area contributed by atoms with Crippen molar-refractivity contribution in [1.29, 1.82) is 0 Å². The molecule has 2 heterocycles. The molecule has 0 aliphatic carbocycles. The first-order valence-electron chi connectivity index (χ1n) is 7.80. The third-order valence-electron chi connectivity index (χ3n) is 4.45. The highest BCUT2D eigenvalue weighted by Crippen LogP contribution is 2.33. The molecule has 1 amide bonds. The van der Waals surface area contributed by atoms with Crippen LogP contribution in [0.15, 0.2) is 24.3 Å². The Balaban J connectivity index is 1.71. The minimum atomic E-state index is -0.523. The summed E-state index contributed by atoms with van der Waals surface area (Å²) in [6.45, 7) is 2.93. The highest BCUT2D eigenvalue weighted by atomic mass is 16.5. The molecule has 6 nitrogen and oxygen atoms in total. The zero-order valence-electron chi connectivity index (χ0n) is 13.6. The summed E-state index contributed by atoms with van der Waals surface area (Å²) in [4.78, 5) is 14.7. The van der Waals surface area contributed by atoms with Crippen LogP contribution in [0.25, 0.3) is 0 Å². The van der Waals surface area contributed by atoms with E-state index in [1.807, 2.05) is 29.2 Å². The minimum Gasteiger partial charge on any atom is -0.497 e. The standard InChI is InChI=1S/C17H23NO5/c1-20-10-17(11-22-12-17)16(19)18-6-7-23-15(9-18)13-4-3-5-14(8-13)21-2/h3-5,8,15H,6-7,9-12H2,1-2H3. The summed E-state index contributed by atoms with van der Waals surface area (Å²) in [5.41, 5.74) is 0.498. The molecule has 23 heavy (non-hydrogen) atoms. The average Bonchev–Trinajstić information content (AvgIpc) is 2.57. The fourth-order valence-electron chi connectivity index (χ4n) is 3.11. The van der Waals surface area contributed by atoms with Gasteiger partial charge in [-0.1, -0.05) is 12.1 Å². The second-order valence-corrected chi connectivity index (χ2v) is 6.09. The molecule has 3 rings (SSSR count). The molecule has 2 saturated heterocycles. The van der Waals surface area contributed by atoms with Gasteiger partial charge in [0.25, 0.3) is 0 Å². The molecule has 0 saturated carbocycles. The Hall–Kier alpha value is -1.63. The van der Waals surface area contributed by atoms with Crippen LogP contribution >= 0.6 is 0 Å². The van der Waals surface area contributed by atoms with Gasteiger partial charge in [-0.3, -0.25) is 4.79 Å². The molecule has 1 atom stereocenters. The van der Waals surface area contributed by atoms with Crippen molar-refractivity contribution in [2.24, 2.45) is 5.41 Å². The molecule has 2 aliphatic rings. The number of amides is 1. The molecule has 0 N–H and O–H groups in total. The van der Waals surface area contributed by atoms with Crippen LogP contribution in [0.3, 0.4) is 0 Å². The van der Waals surface area contributed by atoms with Gasteiger partial charge < -0.3 is 23.8 Å². The first-order chi connectivity index (χ1) is 11.2. The predicted molar refractivity (Wildman–Crippen MR) is 83.4 cm³/mol. The lowest BCUT2D eigenvalue weighted by Gasteiger charge is -2.44. The van der Waals surface area contributed by atoms with Crippen LogP contribution in [0.2, 0.25) is 0 Å². The van der Waals surface area contributed by atoms with Crippen molar-refractivity contribution in [3.05, 3.63) is 29.8 Å². The van der Waals surface area contributed by atoms with Crippen molar-refractivity contribution in [2.45, 2.75) is 6.10 Å². The summed E-state index contributed by atoms with van der Waals surface area (Å²) in [5, 5.41) is 0. The Bertz CT molecular complexity index is 558. The third kappa shape index (κ3) is 3.20. The van der Waals surface area contributed by atoms with E-state index in [1.54, 1.807) is 14.2 Å². The monoisotopic (exact) mass is 321 g/mol. The first kappa shape index (κ1) is 16.2. The van der Waals surface area contributed by atoms with Gasteiger partial charge in [0.1, 0.15) is 17.3 Å². The Morgan fingerprint density at radius 3 is 2.87 bits per heavy atom. The number of benzene rings is 1. The van der Waals surface area contributed by atoms with Crippen LogP contribution in [0.5, 0.6) is 5.75 Å². The van der Waals surface area contributed by atoms with Crippen LogP contribution in [-0.4, -0.2) is 64.5 Å². The molecule has 2 fully saturated rings. The van der Waals surface area contributed by atoms with E-state index in [4.69, 9.17) is 18.9 Å². The molecule has 126 valence electrons. The van der Waals surface area contributed by atoms with Crippen molar-refractivity contribution < 1.29 is 23.7 Å². The number of nitrogens with zero attached hydrogens (tertiary/aromatic N) is 1. The summed E-state index contributed by atoms with van der Waals surface area (Å²) in [7, 11) is 3.26. The lowest BCUT2D eigenvalue weighted by Crippen LogP contribution is -2.59. The number of methoxy groups -OCH3 is 2. The van der Waals surface area contributed by atoms with Crippen molar-refractivity contribution >= 4 is 5.91 Å². The molecule has 0 bridgehead atoms. The van der Waals surface area contributed by atoms with Gasteiger partial charge in [0.15, 0.2) is 0 Å². The van der Waals surface area contributed by atoms with Gasteiger partial charge in [-0.25, -0.2) is 0 Å². The van der Waals surface area contributed by atoms with Gasteiger partial charge in [0.2, 0.25) is 5.91 Å². The number of carbonyl (C=O) groups is 1. The molecular weight excluding hydrogens is 298 g/mol. The van der Waals surface area contributed by atoms with E-state index in [0.717, 1.165) is 11.3 Å². The first-order valence-corrected chi connectivity index (χ1v) is 7.80. The van der Waals surface area contributed by atoms with Gasteiger partial charge in [-0.2, -0.15) is 0 Å². The number of hydrogen-bond donors (Lipinski definition) is 0. The van der Waals surface area contributed by atoms with Gasteiger partial charge >= 0.3 is 0 Å². The van der Waals surface area contributed by atoms with Gasteiger partial charge in [0.05, 0.1) is 40.1 Å². The predicted octanol–water partition coefficient (Wildman–Crippen LogP) is 1.26. The van der Waals surface area contributed by atoms with E-state index in [-0.39, 0.29) is 12.0 Å². The smallest absolute Gasteiger partial charge is 0.236 e. The second kappa shape index (κ2) is 6.86. The summed E-state index contributed by atoms with van der Waals surface area (Å²) >= 11 is 0. The number of morpholine rings is 1. The summed E-state index contributed by atoms with van der Waals surface area (Å²) in [5.74, 6) is 0.889. The van der Waals surface area contributed by atoms with Crippen LogP contribution in [0.4, 0.5) is 0 Å². The van der Waals surface area contributed by atoms with E-state index >= 15 is 0 Å². The molecule has 0 spiro atoms. The molecule has 0 aromatic heterocycles. The van der Waals surface area contributed by atoms with E-state index in [0.29, 0.717) is 39.5 Å². The van der Waals surface area contributed by atoms with Crippen LogP contribution in [-0.2, 0) is 19.0 Å². The van der Waals surface area contributed by atoms with E-state index in [1.165, 1.54) is 0 Å². The topological polar surface area (TPSA) is 57.2 Å². The van der Waals surface area contributed by atoms with E-state index in [9.17, 15) is 4.79 Å². The van der Waals surface area contributed by atoms with Gasteiger partial charge in [0, 0.05) is 13.7 Å². The highest BCUT2D eigenvalue weighted by Gasteiger charge is 2.49. The van der Waals surface area contributed by atoms with Crippen molar-refractivity contribution in [1.82, 2.24) is 4.90 Å². The number of rotatable bonds is 5. The Kier molecular flexibility index (Phi) is 4.84. The molecule has 6 heteroatoms. The fourth-order valence-corrected chi connectivity index (χ4v) is 3.11. The Morgan fingerprint density at radius 2 is 2.22 bits per heavy atom. The van der Waals surface area contributed by atoms with Crippen molar-refractivity contribution in [3.8, 4) is 5.75 Å². The lowest BCUT2D eigenvalue weighted by atomic mass is 9.85. The second-order valence-electron chi connectivity index (χ2n) is 6.09. The lowest BCUT2D eigenvalue weighted by molar-refractivity contribution is -0.188. The van der Waals surface area contributed by atoms with Crippen molar-refractivity contribution in [2.75, 3.05) is 53.7 Å². The number of ether oxygens (including phenoxy) is 4. The number of carbonyl (C=O) groups excluding carboxylic acids is 1. The normalized spacial score (nSPS) is 23.2. The molecular formula is C17H23NO5.